The minimum atomic E-state index is -0.896. The van der Waals surface area contributed by atoms with Crippen molar-refractivity contribution in [2.75, 3.05) is 6.54 Å². The standard InChI is InChI=1S/C13H13F2N3/c1-2-16-6-9-7-17-13(18-8-9)10-3-4-11(14)12(15)5-10/h3-5,7-8,16H,2,6H2,1H3. The number of rotatable bonds is 4. The van der Waals surface area contributed by atoms with Crippen LogP contribution in [0, 0.1) is 11.6 Å². The van der Waals surface area contributed by atoms with Gasteiger partial charge in [0.15, 0.2) is 17.5 Å². The van der Waals surface area contributed by atoms with Crippen LogP contribution in [0.1, 0.15) is 12.5 Å². The second kappa shape index (κ2) is 5.64. The third-order valence-electron chi connectivity index (χ3n) is 2.46. The Hall–Kier alpha value is -1.88. The van der Waals surface area contributed by atoms with E-state index in [1.807, 2.05) is 6.92 Å². The van der Waals surface area contributed by atoms with Crippen molar-refractivity contribution in [1.29, 1.82) is 0 Å². The zero-order chi connectivity index (χ0) is 13.0. The summed E-state index contributed by atoms with van der Waals surface area (Å²) in [5.74, 6) is -1.38. The molecule has 1 heterocycles. The molecule has 0 aliphatic carbocycles. The molecule has 2 rings (SSSR count). The van der Waals surface area contributed by atoms with Crippen molar-refractivity contribution in [2.45, 2.75) is 13.5 Å². The van der Waals surface area contributed by atoms with Crippen LogP contribution in [-0.2, 0) is 6.54 Å². The molecule has 0 saturated carbocycles. The second-order valence-corrected chi connectivity index (χ2v) is 3.82. The number of benzene rings is 1. The first-order valence-electron chi connectivity index (χ1n) is 5.67. The fourth-order valence-electron chi connectivity index (χ4n) is 1.50. The van der Waals surface area contributed by atoms with Crippen LogP contribution in [0.4, 0.5) is 8.78 Å². The Balaban J connectivity index is 2.20. The molecule has 0 atom stereocenters. The lowest BCUT2D eigenvalue weighted by Crippen LogP contribution is -2.12. The molecule has 0 amide bonds. The lowest BCUT2D eigenvalue weighted by molar-refractivity contribution is 0.509. The van der Waals surface area contributed by atoms with Crippen LogP contribution in [0.3, 0.4) is 0 Å². The van der Waals surface area contributed by atoms with E-state index in [0.29, 0.717) is 17.9 Å². The van der Waals surface area contributed by atoms with Crippen LogP contribution in [0.2, 0.25) is 0 Å². The van der Waals surface area contributed by atoms with Gasteiger partial charge in [0, 0.05) is 30.1 Å². The molecule has 0 spiro atoms. The van der Waals surface area contributed by atoms with Crippen LogP contribution in [0.25, 0.3) is 11.4 Å². The summed E-state index contributed by atoms with van der Waals surface area (Å²) in [6.07, 6.45) is 3.35. The van der Waals surface area contributed by atoms with Crippen LogP contribution in [-0.4, -0.2) is 16.5 Å². The maximum Gasteiger partial charge on any atom is 0.159 e. The molecule has 1 aromatic carbocycles. The first-order valence-corrected chi connectivity index (χ1v) is 5.67. The molecule has 0 fully saturated rings. The topological polar surface area (TPSA) is 37.8 Å². The van der Waals surface area contributed by atoms with Crippen LogP contribution in [0.5, 0.6) is 0 Å². The molecule has 0 aliphatic heterocycles. The van der Waals surface area contributed by atoms with Gasteiger partial charge >= 0.3 is 0 Å². The van der Waals surface area contributed by atoms with Crippen LogP contribution < -0.4 is 5.32 Å². The van der Waals surface area contributed by atoms with Crippen molar-refractivity contribution in [3.05, 3.63) is 47.8 Å². The summed E-state index contributed by atoms with van der Waals surface area (Å²) in [6, 6.07) is 3.62. The summed E-state index contributed by atoms with van der Waals surface area (Å²) >= 11 is 0. The smallest absolute Gasteiger partial charge is 0.159 e. The zero-order valence-corrected chi connectivity index (χ0v) is 9.95. The molecule has 1 N–H and O–H groups in total. The quantitative estimate of drug-likeness (QED) is 0.904. The summed E-state index contributed by atoms with van der Waals surface area (Å²) in [4.78, 5) is 8.26. The molecule has 0 aliphatic rings. The van der Waals surface area contributed by atoms with E-state index in [-0.39, 0.29) is 0 Å². The molecule has 94 valence electrons. The maximum atomic E-state index is 13.1. The van der Waals surface area contributed by atoms with E-state index in [1.165, 1.54) is 6.07 Å². The number of hydrogen-bond acceptors (Lipinski definition) is 3. The molecule has 0 saturated heterocycles. The minimum absolute atomic E-state index is 0.383. The monoisotopic (exact) mass is 249 g/mol. The first kappa shape index (κ1) is 12.6. The van der Waals surface area contributed by atoms with E-state index in [9.17, 15) is 8.78 Å². The van der Waals surface area contributed by atoms with Gasteiger partial charge in [0.1, 0.15) is 0 Å². The van der Waals surface area contributed by atoms with Crippen molar-refractivity contribution < 1.29 is 8.78 Å². The Bertz CT molecular complexity index is 526. The molecule has 3 nitrogen and oxygen atoms in total. The summed E-state index contributed by atoms with van der Waals surface area (Å²) in [6.45, 7) is 3.57. The van der Waals surface area contributed by atoms with Crippen LogP contribution in [0.15, 0.2) is 30.6 Å². The average Bonchev–Trinajstić information content (AvgIpc) is 2.40. The maximum absolute atomic E-state index is 13.1. The average molecular weight is 249 g/mol. The van der Waals surface area contributed by atoms with Crippen molar-refractivity contribution in [2.24, 2.45) is 0 Å². The van der Waals surface area contributed by atoms with E-state index in [1.54, 1.807) is 12.4 Å². The largest absolute Gasteiger partial charge is 0.313 e. The van der Waals surface area contributed by atoms with Gasteiger partial charge in [0.2, 0.25) is 0 Å². The predicted octanol–water partition coefficient (Wildman–Crippen LogP) is 2.53. The number of hydrogen-bond donors (Lipinski definition) is 1. The summed E-state index contributed by atoms with van der Waals surface area (Å²) in [5.41, 5.74) is 1.41. The van der Waals surface area contributed by atoms with Gasteiger partial charge in [-0.25, -0.2) is 18.7 Å². The molecule has 0 bridgehead atoms. The van der Waals surface area contributed by atoms with Gasteiger partial charge in [-0.2, -0.15) is 0 Å². The molecule has 2 aromatic rings. The normalized spacial score (nSPS) is 10.6. The van der Waals surface area contributed by atoms with Gasteiger partial charge in [-0.3, -0.25) is 0 Å². The van der Waals surface area contributed by atoms with Gasteiger partial charge in [-0.05, 0) is 24.7 Å². The molecule has 18 heavy (non-hydrogen) atoms. The number of halogens is 2. The predicted molar refractivity (Wildman–Crippen MR) is 64.8 cm³/mol. The van der Waals surface area contributed by atoms with E-state index in [2.05, 4.69) is 15.3 Å². The van der Waals surface area contributed by atoms with Gasteiger partial charge in [0.05, 0.1) is 0 Å². The highest BCUT2D eigenvalue weighted by molar-refractivity contribution is 5.54. The third-order valence-corrected chi connectivity index (χ3v) is 2.46. The van der Waals surface area contributed by atoms with E-state index in [0.717, 1.165) is 24.2 Å². The summed E-state index contributed by atoms with van der Waals surface area (Å²) in [5, 5.41) is 3.15. The van der Waals surface area contributed by atoms with Gasteiger partial charge < -0.3 is 5.32 Å². The van der Waals surface area contributed by atoms with Crippen molar-refractivity contribution in [1.82, 2.24) is 15.3 Å². The molecular weight excluding hydrogens is 236 g/mol. The Morgan fingerprint density at radius 2 is 1.83 bits per heavy atom. The zero-order valence-electron chi connectivity index (χ0n) is 9.95. The number of nitrogens with one attached hydrogen (secondary N) is 1. The number of aromatic nitrogens is 2. The molecule has 1 aromatic heterocycles. The van der Waals surface area contributed by atoms with Crippen LogP contribution >= 0.6 is 0 Å². The molecule has 0 radical (unpaired) electrons. The van der Waals surface area contributed by atoms with E-state index < -0.39 is 11.6 Å². The lowest BCUT2D eigenvalue weighted by Gasteiger charge is -2.03. The molecule has 5 heteroatoms. The second-order valence-electron chi connectivity index (χ2n) is 3.82. The van der Waals surface area contributed by atoms with Crippen molar-refractivity contribution >= 4 is 0 Å². The third kappa shape index (κ3) is 2.87. The van der Waals surface area contributed by atoms with Crippen molar-refractivity contribution in [3.8, 4) is 11.4 Å². The summed E-state index contributed by atoms with van der Waals surface area (Å²) < 4.78 is 25.9. The van der Waals surface area contributed by atoms with Gasteiger partial charge in [0.25, 0.3) is 0 Å². The summed E-state index contributed by atoms with van der Waals surface area (Å²) in [7, 11) is 0. The Morgan fingerprint density at radius 3 is 2.44 bits per heavy atom. The molecule has 0 unspecified atom stereocenters. The highest BCUT2D eigenvalue weighted by Crippen LogP contribution is 2.17. The Labute approximate surface area is 104 Å². The SMILES string of the molecule is CCNCc1cnc(-c2ccc(F)c(F)c2)nc1. The highest BCUT2D eigenvalue weighted by Gasteiger charge is 2.06. The van der Waals surface area contributed by atoms with Crippen molar-refractivity contribution in [3.63, 3.8) is 0 Å². The van der Waals surface area contributed by atoms with E-state index in [4.69, 9.17) is 0 Å². The van der Waals surface area contributed by atoms with Gasteiger partial charge in [-0.15, -0.1) is 0 Å². The Kier molecular flexibility index (Phi) is 3.94. The van der Waals surface area contributed by atoms with Gasteiger partial charge in [-0.1, -0.05) is 6.92 Å². The minimum Gasteiger partial charge on any atom is -0.313 e. The fraction of sp³-hybridized carbons (Fsp3) is 0.231. The number of nitrogens with zero attached hydrogens (tertiary/aromatic N) is 2. The first-order chi connectivity index (χ1) is 8.70. The molecular formula is C13H13F2N3. The van der Waals surface area contributed by atoms with E-state index >= 15 is 0 Å². The fourth-order valence-corrected chi connectivity index (χ4v) is 1.50. The Morgan fingerprint density at radius 1 is 1.11 bits per heavy atom. The lowest BCUT2D eigenvalue weighted by atomic mass is 10.2. The highest BCUT2D eigenvalue weighted by atomic mass is 19.2.